The smallest absolute Gasteiger partial charge is 0.328 e. The molecule has 2 aliphatic rings. The van der Waals surface area contributed by atoms with Crippen molar-refractivity contribution in [2.75, 3.05) is 6.61 Å². The normalized spacial score (nSPS) is 33.8. The highest BCUT2D eigenvalue weighted by molar-refractivity contribution is 5.80. The summed E-state index contributed by atoms with van der Waals surface area (Å²) >= 11 is 0. The van der Waals surface area contributed by atoms with E-state index in [0.717, 1.165) is 24.8 Å². The van der Waals surface area contributed by atoms with Crippen molar-refractivity contribution in [2.45, 2.75) is 66.2 Å². The number of aliphatic carboxylic acids is 1. The van der Waals surface area contributed by atoms with Crippen molar-refractivity contribution in [1.29, 1.82) is 0 Å². The van der Waals surface area contributed by atoms with Crippen LogP contribution in [0.15, 0.2) is 23.3 Å². The van der Waals surface area contributed by atoms with Crippen LogP contribution in [0.1, 0.15) is 66.2 Å². The van der Waals surface area contributed by atoms with Crippen LogP contribution in [0, 0.1) is 22.7 Å². The number of carboxylic acids is 1. The molecule has 1 saturated carbocycles. The molecule has 0 radical (unpaired) electrons. The van der Waals surface area contributed by atoms with Gasteiger partial charge in [-0.3, -0.25) is 0 Å². The molecule has 0 bridgehead atoms. The van der Waals surface area contributed by atoms with Crippen molar-refractivity contribution in [3.8, 4) is 0 Å². The second-order valence-electron chi connectivity index (χ2n) is 8.49. The quantitative estimate of drug-likeness (QED) is 0.576. The van der Waals surface area contributed by atoms with E-state index in [2.05, 4.69) is 26.8 Å². The lowest BCUT2D eigenvalue weighted by atomic mass is 9.48. The van der Waals surface area contributed by atoms with E-state index in [9.17, 15) is 9.90 Å². The molecule has 0 amide bonds. The third-order valence-corrected chi connectivity index (χ3v) is 6.52. The Labute approximate surface area is 140 Å². The Morgan fingerprint density at radius 3 is 2.65 bits per heavy atom. The number of carbonyl (C=O) groups is 1. The standard InChI is InChI=1S/C20H32O3/c1-14(12-18(22)23)6-8-16-15(13-21)7-9-17-19(2,3)10-5-11-20(16,17)4/h7,12,16-17,21H,5-6,8-11,13H2,1-4H3,(H,22,23)/b14-12-/t16-,17-,20+/m0/s1. The Bertz CT molecular complexity index is 515. The van der Waals surface area contributed by atoms with Gasteiger partial charge in [0.2, 0.25) is 0 Å². The summed E-state index contributed by atoms with van der Waals surface area (Å²) in [5.74, 6) is 0.141. The predicted molar refractivity (Wildman–Crippen MR) is 93.1 cm³/mol. The third-order valence-electron chi connectivity index (χ3n) is 6.52. The van der Waals surface area contributed by atoms with Gasteiger partial charge in [0.05, 0.1) is 6.61 Å². The molecular weight excluding hydrogens is 288 g/mol. The average Bonchev–Trinajstić information content (AvgIpc) is 2.43. The Kier molecular flexibility index (Phi) is 5.40. The SMILES string of the molecule is C/C(=C/C(=O)O)CC[C@H]1C(CO)=CC[C@H]2C(C)(C)CCC[C@]12C. The highest BCUT2D eigenvalue weighted by Gasteiger charge is 2.51. The van der Waals surface area contributed by atoms with Gasteiger partial charge < -0.3 is 10.2 Å². The van der Waals surface area contributed by atoms with Crippen LogP contribution in [0.5, 0.6) is 0 Å². The fraction of sp³-hybridized carbons (Fsp3) is 0.750. The van der Waals surface area contributed by atoms with E-state index in [1.54, 1.807) is 0 Å². The zero-order valence-electron chi connectivity index (χ0n) is 15.1. The van der Waals surface area contributed by atoms with Crippen LogP contribution in [-0.2, 0) is 4.79 Å². The number of aliphatic hydroxyl groups is 1. The summed E-state index contributed by atoms with van der Waals surface area (Å²) in [7, 11) is 0. The van der Waals surface area contributed by atoms with Crippen molar-refractivity contribution >= 4 is 5.97 Å². The van der Waals surface area contributed by atoms with Gasteiger partial charge in [-0.2, -0.15) is 0 Å². The van der Waals surface area contributed by atoms with Gasteiger partial charge in [-0.15, -0.1) is 0 Å². The molecule has 2 rings (SSSR count). The monoisotopic (exact) mass is 320 g/mol. The summed E-state index contributed by atoms with van der Waals surface area (Å²) in [6, 6.07) is 0. The number of aliphatic hydroxyl groups excluding tert-OH is 1. The fourth-order valence-corrected chi connectivity index (χ4v) is 5.35. The molecule has 0 aromatic carbocycles. The third kappa shape index (κ3) is 3.71. The molecule has 23 heavy (non-hydrogen) atoms. The van der Waals surface area contributed by atoms with Gasteiger partial charge in [-0.25, -0.2) is 4.79 Å². The molecule has 3 atom stereocenters. The molecule has 130 valence electrons. The van der Waals surface area contributed by atoms with Gasteiger partial charge in [0.1, 0.15) is 0 Å². The molecule has 2 N–H and O–H groups in total. The van der Waals surface area contributed by atoms with Crippen LogP contribution in [0.2, 0.25) is 0 Å². The zero-order chi connectivity index (χ0) is 17.3. The molecule has 0 unspecified atom stereocenters. The zero-order valence-corrected chi connectivity index (χ0v) is 15.1. The number of fused-ring (bicyclic) bond motifs is 1. The van der Waals surface area contributed by atoms with E-state index in [-0.39, 0.29) is 12.0 Å². The maximum absolute atomic E-state index is 10.8. The van der Waals surface area contributed by atoms with Crippen LogP contribution in [-0.4, -0.2) is 22.8 Å². The number of rotatable bonds is 5. The minimum Gasteiger partial charge on any atom is -0.478 e. The largest absolute Gasteiger partial charge is 0.478 e. The van der Waals surface area contributed by atoms with Gasteiger partial charge in [0.25, 0.3) is 0 Å². The van der Waals surface area contributed by atoms with Crippen molar-refractivity contribution in [1.82, 2.24) is 0 Å². The van der Waals surface area contributed by atoms with Crippen LogP contribution in [0.4, 0.5) is 0 Å². The molecule has 2 aliphatic carbocycles. The summed E-state index contributed by atoms with van der Waals surface area (Å²) in [6.45, 7) is 9.21. The van der Waals surface area contributed by atoms with E-state index in [0.29, 0.717) is 17.3 Å². The number of hydrogen-bond acceptors (Lipinski definition) is 2. The number of carboxylic acid groups (broad SMARTS) is 1. The summed E-state index contributed by atoms with van der Waals surface area (Å²) in [5, 5.41) is 18.7. The van der Waals surface area contributed by atoms with Crippen LogP contribution in [0.3, 0.4) is 0 Å². The molecule has 1 fully saturated rings. The molecule has 3 nitrogen and oxygen atoms in total. The first-order valence-corrected chi connectivity index (χ1v) is 8.90. The molecule has 3 heteroatoms. The molecule has 0 aromatic heterocycles. The first kappa shape index (κ1) is 18.3. The van der Waals surface area contributed by atoms with Gasteiger partial charge >= 0.3 is 5.97 Å². The summed E-state index contributed by atoms with van der Waals surface area (Å²) in [5.41, 5.74) is 2.65. The molecule has 0 heterocycles. The minimum absolute atomic E-state index is 0.134. The predicted octanol–water partition coefficient (Wildman–Crippen LogP) is 4.57. The van der Waals surface area contributed by atoms with E-state index in [4.69, 9.17) is 5.11 Å². The lowest BCUT2D eigenvalue weighted by molar-refractivity contribution is -0.131. The topological polar surface area (TPSA) is 57.5 Å². The van der Waals surface area contributed by atoms with Crippen LogP contribution < -0.4 is 0 Å². The lowest BCUT2D eigenvalue weighted by Crippen LogP contribution is -2.49. The number of hydrogen-bond donors (Lipinski definition) is 2. The highest BCUT2D eigenvalue weighted by atomic mass is 16.4. The van der Waals surface area contributed by atoms with E-state index < -0.39 is 5.97 Å². The van der Waals surface area contributed by atoms with Gasteiger partial charge in [0, 0.05) is 6.08 Å². The van der Waals surface area contributed by atoms with Crippen LogP contribution in [0.25, 0.3) is 0 Å². The Morgan fingerprint density at radius 2 is 2.04 bits per heavy atom. The first-order chi connectivity index (χ1) is 10.7. The maximum Gasteiger partial charge on any atom is 0.328 e. The van der Waals surface area contributed by atoms with Crippen molar-refractivity contribution < 1.29 is 15.0 Å². The molecule has 0 saturated heterocycles. The molecular formula is C20H32O3. The summed E-state index contributed by atoms with van der Waals surface area (Å²) < 4.78 is 0. The summed E-state index contributed by atoms with van der Waals surface area (Å²) in [4.78, 5) is 10.8. The van der Waals surface area contributed by atoms with Gasteiger partial charge in [-0.05, 0) is 67.3 Å². The second kappa shape index (κ2) is 6.80. The summed E-state index contributed by atoms with van der Waals surface area (Å²) in [6.07, 6.45) is 10.1. The Morgan fingerprint density at radius 1 is 1.35 bits per heavy atom. The molecule has 0 spiro atoms. The lowest BCUT2D eigenvalue weighted by Gasteiger charge is -2.57. The molecule has 0 aliphatic heterocycles. The second-order valence-corrected chi connectivity index (χ2v) is 8.49. The Hall–Kier alpha value is -1.09. The van der Waals surface area contributed by atoms with Crippen molar-refractivity contribution in [3.05, 3.63) is 23.3 Å². The number of allylic oxidation sites excluding steroid dienone is 2. The van der Waals surface area contributed by atoms with Crippen molar-refractivity contribution in [2.24, 2.45) is 22.7 Å². The van der Waals surface area contributed by atoms with Gasteiger partial charge in [-0.1, -0.05) is 38.8 Å². The first-order valence-electron chi connectivity index (χ1n) is 8.90. The Balaban J connectivity index is 2.25. The van der Waals surface area contributed by atoms with Gasteiger partial charge in [0.15, 0.2) is 0 Å². The van der Waals surface area contributed by atoms with Crippen LogP contribution >= 0.6 is 0 Å². The fourth-order valence-electron chi connectivity index (χ4n) is 5.35. The minimum atomic E-state index is -0.869. The molecule has 0 aromatic rings. The maximum atomic E-state index is 10.8. The highest BCUT2D eigenvalue weighted by Crippen LogP contribution is 2.60. The van der Waals surface area contributed by atoms with E-state index >= 15 is 0 Å². The average molecular weight is 320 g/mol. The van der Waals surface area contributed by atoms with E-state index in [1.807, 2.05) is 6.92 Å². The van der Waals surface area contributed by atoms with Crippen molar-refractivity contribution in [3.63, 3.8) is 0 Å². The van der Waals surface area contributed by atoms with E-state index in [1.165, 1.54) is 30.9 Å².